The first-order valence-electron chi connectivity index (χ1n) is 3.25. The normalized spacial score (nSPS) is 13.3. The minimum Gasteiger partial charge on any atom is -0.389 e. The standard InChI is InChI=1S/C6H7FI2N2O/c7-1-4(12)2-11-3-10-5(8)6(11)9/h3-4,12H,1-2H2. The molecule has 0 bridgehead atoms. The van der Waals surface area contributed by atoms with Gasteiger partial charge in [-0.2, -0.15) is 0 Å². The molecule has 0 aliphatic heterocycles. The summed E-state index contributed by atoms with van der Waals surface area (Å²) < 4.78 is 15.5. The van der Waals surface area contributed by atoms with Gasteiger partial charge in [0.15, 0.2) is 0 Å². The van der Waals surface area contributed by atoms with E-state index in [1.807, 2.05) is 0 Å². The Bertz CT molecular complexity index is 266. The van der Waals surface area contributed by atoms with Crippen LogP contribution in [0.3, 0.4) is 0 Å². The zero-order chi connectivity index (χ0) is 9.14. The predicted molar refractivity (Wildman–Crippen MR) is 59.6 cm³/mol. The zero-order valence-corrected chi connectivity index (χ0v) is 10.4. The second-order valence-corrected chi connectivity index (χ2v) is 4.33. The summed E-state index contributed by atoms with van der Waals surface area (Å²) in [5.41, 5.74) is 0. The van der Waals surface area contributed by atoms with Crippen molar-refractivity contribution in [2.45, 2.75) is 12.6 Å². The van der Waals surface area contributed by atoms with E-state index < -0.39 is 12.8 Å². The molecule has 0 saturated carbocycles. The van der Waals surface area contributed by atoms with Crippen LogP contribution in [0.25, 0.3) is 0 Å². The van der Waals surface area contributed by atoms with Gasteiger partial charge in [-0.3, -0.25) is 0 Å². The van der Waals surface area contributed by atoms with Gasteiger partial charge in [-0.05, 0) is 45.2 Å². The summed E-state index contributed by atoms with van der Waals surface area (Å²) in [6, 6.07) is 0. The van der Waals surface area contributed by atoms with E-state index in [0.717, 1.165) is 7.40 Å². The molecule has 1 aromatic rings. The SMILES string of the molecule is OC(CF)Cn1cnc(I)c1I. The highest BCUT2D eigenvalue weighted by Crippen LogP contribution is 2.13. The zero-order valence-electron chi connectivity index (χ0n) is 6.04. The molecule has 0 aliphatic rings. The van der Waals surface area contributed by atoms with Crippen LogP contribution >= 0.6 is 45.2 Å². The maximum absolute atomic E-state index is 11.9. The summed E-state index contributed by atoms with van der Waals surface area (Å²) in [4.78, 5) is 4.01. The van der Waals surface area contributed by atoms with E-state index in [9.17, 15) is 4.39 Å². The van der Waals surface area contributed by atoms with Crippen LogP contribution in [0, 0.1) is 7.40 Å². The Labute approximate surface area is 96.6 Å². The van der Waals surface area contributed by atoms with E-state index in [1.54, 1.807) is 10.9 Å². The van der Waals surface area contributed by atoms with Crippen LogP contribution in [0.1, 0.15) is 0 Å². The summed E-state index contributed by atoms with van der Waals surface area (Å²) in [5, 5.41) is 9.02. The summed E-state index contributed by atoms with van der Waals surface area (Å²) in [6.07, 6.45) is 0.672. The van der Waals surface area contributed by atoms with Gasteiger partial charge in [-0.15, -0.1) is 0 Å². The number of aliphatic hydroxyl groups excluding tert-OH is 1. The van der Waals surface area contributed by atoms with Crippen molar-refractivity contribution in [3.05, 3.63) is 13.7 Å². The van der Waals surface area contributed by atoms with Crippen LogP contribution in [-0.2, 0) is 6.54 Å². The minimum atomic E-state index is -0.927. The van der Waals surface area contributed by atoms with Gasteiger partial charge in [0, 0.05) is 0 Å². The first-order valence-corrected chi connectivity index (χ1v) is 5.41. The number of nitrogens with zero attached hydrogens (tertiary/aromatic N) is 2. The lowest BCUT2D eigenvalue weighted by Gasteiger charge is -2.07. The molecular formula is C6H7FI2N2O. The third kappa shape index (κ3) is 2.52. The molecule has 0 fully saturated rings. The van der Waals surface area contributed by atoms with Gasteiger partial charge < -0.3 is 9.67 Å². The van der Waals surface area contributed by atoms with Crippen molar-refractivity contribution in [3.8, 4) is 0 Å². The molecule has 0 saturated heterocycles. The molecule has 0 aromatic carbocycles. The van der Waals surface area contributed by atoms with Gasteiger partial charge in [0.1, 0.15) is 20.2 Å². The Kier molecular flexibility index (Phi) is 4.17. The molecule has 1 N–H and O–H groups in total. The highest BCUT2D eigenvalue weighted by molar-refractivity contribution is 14.1. The third-order valence-corrected chi connectivity index (χ3v) is 4.27. The first kappa shape index (κ1) is 10.6. The van der Waals surface area contributed by atoms with Gasteiger partial charge >= 0.3 is 0 Å². The predicted octanol–water partition coefficient (Wildman–Crippen LogP) is 1.42. The molecule has 0 aliphatic carbocycles. The summed E-state index contributed by atoms with van der Waals surface area (Å²) in [7, 11) is 0. The molecular weight excluding hydrogens is 389 g/mol. The molecule has 12 heavy (non-hydrogen) atoms. The molecule has 6 heteroatoms. The second-order valence-electron chi connectivity index (χ2n) is 2.29. The smallest absolute Gasteiger partial charge is 0.132 e. The average molecular weight is 396 g/mol. The Balaban J connectivity index is 2.69. The maximum atomic E-state index is 11.9. The quantitative estimate of drug-likeness (QED) is 0.786. The van der Waals surface area contributed by atoms with E-state index in [0.29, 0.717) is 0 Å². The fraction of sp³-hybridized carbons (Fsp3) is 0.500. The van der Waals surface area contributed by atoms with Crippen LogP contribution in [0.15, 0.2) is 6.33 Å². The number of rotatable bonds is 3. The van der Waals surface area contributed by atoms with Gasteiger partial charge in [-0.25, -0.2) is 9.37 Å². The number of alkyl halides is 1. The summed E-state index contributed by atoms with van der Waals surface area (Å²) >= 11 is 4.20. The van der Waals surface area contributed by atoms with Crippen LogP contribution in [0.4, 0.5) is 4.39 Å². The molecule has 0 spiro atoms. The maximum Gasteiger partial charge on any atom is 0.132 e. The molecule has 1 heterocycles. The minimum absolute atomic E-state index is 0.269. The molecule has 1 aromatic heterocycles. The number of aromatic nitrogens is 2. The lowest BCUT2D eigenvalue weighted by molar-refractivity contribution is 0.121. The van der Waals surface area contributed by atoms with Crippen molar-refractivity contribution in [2.75, 3.05) is 6.67 Å². The van der Waals surface area contributed by atoms with Crippen LogP contribution in [-0.4, -0.2) is 27.4 Å². The van der Waals surface area contributed by atoms with Gasteiger partial charge in [0.05, 0.1) is 12.9 Å². The van der Waals surface area contributed by atoms with Crippen molar-refractivity contribution in [2.24, 2.45) is 0 Å². The van der Waals surface area contributed by atoms with Crippen LogP contribution < -0.4 is 0 Å². The molecule has 3 nitrogen and oxygen atoms in total. The van der Waals surface area contributed by atoms with Crippen molar-refractivity contribution in [1.29, 1.82) is 0 Å². The highest BCUT2D eigenvalue weighted by atomic mass is 127. The van der Waals surface area contributed by atoms with E-state index >= 15 is 0 Å². The van der Waals surface area contributed by atoms with Crippen molar-refractivity contribution < 1.29 is 9.50 Å². The Hall–Kier alpha value is 0.560. The van der Waals surface area contributed by atoms with Gasteiger partial charge in [0.2, 0.25) is 0 Å². The first-order chi connectivity index (χ1) is 5.65. The van der Waals surface area contributed by atoms with Crippen molar-refractivity contribution in [3.63, 3.8) is 0 Å². The fourth-order valence-corrected chi connectivity index (χ4v) is 1.64. The lowest BCUT2D eigenvalue weighted by Crippen LogP contribution is -2.18. The van der Waals surface area contributed by atoms with E-state index in [2.05, 4.69) is 50.2 Å². The van der Waals surface area contributed by atoms with Crippen LogP contribution in [0.2, 0.25) is 0 Å². The monoisotopic (exact) mass is 396 g/mol. The topological polar surface area (TPSA) is 38.0 Å². The third-order valence-electron chi connectivity index (χ3n) is 1.32. The number of imidazole rings is 1. The highest BCUT2D eigenvalue weighted by Gasteiger charge is 2.09. The number of hydrogen-bond acceptors (Lipinski definition) is 2. The molecule has 0 radical (unpaired) electrons. The summed E-state index contributed by atoms with van der Waals surface area (Å²) in [6.45, 7) is -0.449. The summed E-state index contributed by atoms with van der Waals surface area (Å²) in [5.74, 6) is 0. The second kappa shape index (κ2) is 4.70. The number of halogens is 3. The van der Waals surface area contributed by atoms with Crippen LogP contribution in [0.5, 0.6) is 0 Å². The number of hydrogen-bond donors (Lipinski definition) is 1. The number of aliphatic hydroxyl groups is 1. The Morgan fingerprint density at radius 3 is 2.75 bits per heavy atom. The van der Waals surface area contributed by atoms with E-state index in [4.69, 9.17) is 5.11 Å². The average Bonchev–Trinajstić information content (AvgIpc) is 2.36. The van der Waals surface area contributed by atoms with Crippen molar-refractivity contribution >= 4 is 45.2 Å². The van der Waals surface area contributed by atoms with Gasteiger partial charge in [-0.1, -0.05) is 0 Å². The fourth-order valence-electron chi connectivity index (χ4n) is 0.746. The Morgan fingerprint density at radius 1 is 1.67 bits per heavy atom. The molecule has 1 rings (SSSR count). The van der Waals surface area contributed by atoms with E-state index in [1.165, 1.54) is 0 Å². The largest absolute Gasteiger partial charge is 0.389 e. The molecule has 0 amide bonds. The molecule has 1 atom stereocenters. The van der Waals surface area contributed by atoms with Gasteiger partial charge in [0.25, 0.3) is 0 Å². The lowest BCUT2D eigenvalue weighted by atomic mass is 10.4. The molecule has 1 unspecified atom stereocenters. The van der Waals surface area contributed by atoms with E-state index in [-0.39, 0.29) is 6.54 Å². The Morgan fingerprint density at radius 2 is 2.33 bits per heavy atom. The molecule has 68 valence electrons. The van der Waals surface area contributed by atoms with Crippen molar-refractivity contribution in [1.82, 2.24) is 9.55 Å².